The van der Waals surface area contributed by atoms with Gasteiger partial charge < -0.3 is 15.5 Å². The van der Waals surface area contributed by atoms with E-state index in [0.717, 1.165) is 59.1 Å². The van der Waals surface area contributed by atoms with E-state index in [1.807, 2.05) is 85.5 Å². The second kappa shape index (κ2) is 18.0. The summed E-state index contributed by atoms with van der Waals surface area (Å²) in [7, 11) is 3.60. The van der Waals surface area contributed by atoms with Crippen LogP contribution in [-0.4, -0.2) is 55.5 Å². The summed E-state index contributed by atoms with van der Waals surface area (Å²) in [6, 6.07) is 29.3. The molecule has 1 aliphatic carbocycles. The molecule has 1 unspecified atom stereocenters. The minimum Gasteiger partial charge on any atom is -0.335 e. The van der Waals surface area contributed by atoms with Gasteiger partial charge in [-0.1, -0.05) is 108 Å². The van der Waals surface area contributed by atoms with Crippen LogP contribution in [0.5, 0.6) is 0 Å². The van der Waals surface area contributed by atoms with Gasteiger partial charge in [0.05, 0.1) is 11.4 Å². The molecular weight excluding hydrogens is 697 g/mol. The third-order valence-electron chi connectivity index (χ3n) is 9.32. The van der Waals surface area contributed by atoms with Crippen LogP contribution in [0.15, 0.2) is 101 Å². The predicted molar refractivity (Wildman–Crippen MR) is 216 cm³/mol. The maximum Gasteiger partial charge on any atom is 0.248 e. The third kappa shape index (κ3) is 9.29. The Hall–Kier alpha value is -3.95. The minimum atomic E-state index is -0.559. The Morgan fingerprint density at radius 1 is 0.843 bits per heavy atom. The van der Waals surface area contributed by atoms with Gasteiger partial charge in [0.1, 0.15) is 12.1 Å². The van der Waals surface area contributed by atoms with Crippen LogP contribution >= 0.6 is 35.0 Å². The van der Waals surface area contributed by atoms with Crippen LogP contribution in [0.2, 0.25) is 10.0 Å². The second-order valence-corrected chi connectivity index (χ2v) is 14.6. The zero-order chi connectivity index (χ0) is 36.4. The first-order valence-corrected chi connectivity index (χ1v) is 19.0. The van der Waals surface area contributed by atoms with E-state index >= 15 is 0 Å². The third-order valence-corrected chi connectivity index (χ3v) is 10.9. The first-order chi connectivity index (χ1) is 24.6. The number of amides is 1. The van der Waals surface area contributed by atoms with Gasteiger partial charge >= 0.3 is 0 Å². The number of carbonyl (C=O) groups excluding carboxylic acids is 2. The molecule has 3 aliphatic rings. The van der Waals surface area contributed by atoms with Gasteiger partial charge in [0, 0.05) is 52.6 Å². The number of Topliss-reactive ketones (excluding diaryl/α,β-unsaturated/α-hetero) is 1. The molecule has 4 aromatic carbocycles. The highest BCUT2D eigenvalue weighted by molar-refractivity contribution is 8.14. The molecule has 10 heteroatoms. The number of hydrogen-bond donors (Lipinski definition) is 2. The number of aryl methyl sites for hydroxylation is 2. The highest BCUT2D eigenvalue weighted by Crippen LogP contribution is 2.37. The Morgan fingerprint density at radius 2 is 1.57 bits per heavy atom. The van der Waals surface area contributed by atoms with Gasteiger partial charge in [-0.2, -0.15) is 0 Å². The number of halogens is 2. The number of benzene rings is 4. The fraction of sp³-hybridized carbons (Fsp3) is 0.317. The molecule has 0 saturated heterocycles. The normalized spacial score (nSPS) is 18.5. The summed E-state index contributed by atoms with van der Waals surface area (Å²) >= 11 is 14.1. The molecule has 1 atom stereocenters. The number of nitrogens with zero attached hydrogens (tertiary/aromatic N) is 3. The number of likely N-dealkylation sites (N-methyl/N-ethyl adjacent to an activating group) is 2. The van der Waals surface area contributed by atoms with Crippen LogP contribution < -0.4 is 15.5 Å². The molecule has 2 aliphatic heterocycles. The van der Waals surface area contributed by atoms with Crippen molar-refractivity contribution in [1.82, 2.24) is 5.32 Å². The lowest BCUT2D eigenvalue weighted by Gasteiger charge is -2.36. The van der Waals surface area contributed by atoms with Crippen LogP contribution in [-0.2, 0) is 15.1 Å². The summed E-state index contributed by atoms with van der Waals surface area (Å²) < 4.78 is 0. The lowest BCUT2D eigenvalue weighted by atomic mass is 9.75. The first-order valence-electron chi connectivity index (χ1n) is 17.3. The van der Waals surface area contributed by atoms with E-state index in [4.69, 9.17) is 23.2 Å². The number of carbonyl (C=O) groups is 2. The van der Waals surface area contributed by atoms with Crippen molar-refractivity contribution in [3.8, 4) is 0 Å². The molecule has 0 bridgehead atoms. The van der Waals surface area contributed by atoms with Crippen LogP contribution in [0, 0.1) is 13.8 Å². The van der Waals surface area contributed by atoms with Gasteiger partial charge in [0.15, 0.2) is 11.0 Å². The number of rotatable bonds is 4. The Labute approximate surface area is 316 Å². The van der Waals surface area contributed by atoms with E-state index in [0.29, 0.717) is 16.5 Å². The van der Waals surface area contributed by atoms with Crippen molar-refractivity contribution in [2.75, 3.05) is 43.2 Å². The Kier molecular flexibility index (Phi) is 13.5. The molecule has 7 nitrogen and oxygen atoms in total. The van der Waals surface area contributed by atoms with E-state index in [1.54, 1.807) is 18.0 Å². The monoisotopic (exact) mass is 741 g/mol. The lowest BCUT2D eigenvalue weighted by Crippen LogP contribution is -2.49. The second-order valence-electron chi connectivity index (χ2n) is 12.7. The average molecular weight is 743 g/mol. The zero-order valence-corrected chi connectivity index (χ0v) is 32.0. The zero-order valence-electron chi connectivity index (χ0n) is 29.6. The van der Waals surface area contributed by atoms with Crippen molar-refractivity contribution < 1.29 is 9.59 Å². The summed E-state index contributed by atoms with van der Waals surface area (Å²) in [5.74, 6) is 1.41. The van der Waals surface area contributed by atoms with Crippen LogP contribution in [0.4, 0.5) is 11.4 Å². The molecule has 1 saturated carbocycles. The fourth-order valence-electron chi connectivity index (χ4n) is 6.48. The van der Waals surface area contributed by atoms with Crippen molar-refractivity contribution in [3.05, 3.63) is 129 Å². The molecule has 0 aromatic heterocycles. The number of aliphatic imine (C=N–C) groups is 2. The Morgan fingerprint density at radius 3 is 2.24 bits per heavy atom. The standard InChI is InChI=1S/C16H13ClN2O.C13H16ClNO.C12H16N2S/c1-19-14-8-7-12(17)9-13(14)16(18-10-15(19)20)11-5-3-2-4-6-11;1-15-13(9-5-4-8-12(13)16)10-6-2-3-7-11(10)14;1-9-5-3-6-10(2)11(9)14-12-13-7-4-8-15-12/h2-9H,10H2,1H3;2-3,6-7,15H,4-5,8-9H2,1H3;3,5-6H,4,7-8H2,1-2H3,(H,13,14). The fourth-order valence-corrected chi connectivity index (χ4v) is 7.77. The number of thioether (sulfide) groups is 1. The lowest BCUT2D eigenvalue weighted by molar-refractivity contribution is -0.127. The maximum atomic E-state index is 12.2. The van der Waals surface area contributed by atoms with Crippen LogP contribution in [0.25, 0.3) is 0 Å². The Balaban J connectivity index is 0.000000150. The number of amidine groups is 1. The molecule has 2 N–H and O–H groups in total. The number of para-hydroxylation sites is 1. The molecule has 0 radical (unpaired) electrons. The molecule has 0 spiro atoms. The van der Waals surface area contributed by atoms with Gasteiger partial charge in [-0.3, -0.25) is 19.6 Å². The Bertz CT molecular complexity index is 1900. The van der Waals surface area contributed by atoms with Crippen molar-refractivity contribution in [1.29, 1.82) is 0 Å². The van der Waals surface area contributed by atoms with Gasteiger partial charge in [-0.15, -0.1) is 0 Å². The number of hydrogen-bond acceptors (Lipinski definition) is 7. The molecule has 266 valence electrons. The SMILES string of the molecule is CN1C(=O)CN=C(c2ccccc2)c2cc(Cl)ccc21.CNC1(c2ccccc2Cl)CCCCC1=O.Cc1cccc(C)c1NC1=NCCCS1. The smallest absolute Gasteiger partial charge is 0.248 e. The highest BCUT2D eigenvalue weighted by atomic mass is 35.5. The molecule has 51 heavy (non-hydrogen) atoms. The van der Waals surface area contributed by atoms with Gasteiger partial charge in [-0.25, -0.2) is 0 Å². The van der Waals surface area contributed by atoms with E-state index < -0.39 is 5.54 Å². The van der Waals surface area contributed by atoms with Crippen molar-refractivity contribution in [2.45, 2.75) is 51.5 Å². The number of benzodiazepines with no additional fused rings is 1. The molecular formula is C41H45Cl2N5O2S. The van der Waals surface area contributed by atoms with Crippen molar-refractivity contribution in [3.63, 3.8) is 0 Å². The topological polar surface area (TPSA) is 86.2 Å². The number of ketones is 1. The minimum absolute atomic E-state index is 0.0282. The predicted octanol–water partition coefficient (Wildman–Crippen LogP) is 9.26. The average Bonchev–Trinajstić information content (AvgIpc) is 3.27. The van der Waals surface area contributed by atoms with E-state index in [2.05, 4.69) is 52.7 Å². The summed E-state index contributed by atoms with van der Waals surface area (Å²) in [6.07, 6.45) is 4.74. The van der Waals surface area contributed by atoms with Crippen molar-refractivity contribution in [2.24, 2.45) is 9.98 Å². The number of fused-ring (bicyclic) bond motifs is 1. The summed E-state index contributed by atoms with van der Waals surface area (Å²) in [5.41, 5.74) is 7.65. The van der Waals surface area contributed by atoms with E-state index in [1.165, 1.54) is 29.0 Å². The van der Waals surface area contributed by atoms with Crippen molar-refractivity contribution >= 4 is 68.9 Å². The number of anilines is 2. The quantitative estimate of drug-likeness (QED) is 0.218. The number of nitrogens with one attached hydrogen (secondary N) is 2. The van der Waals surface area contributed by atoms with Crippen LogP contribution in [0.1, 0.15) is 59.9 Å². The highest BCUT2D eigenvalue weighted by Gasteiger charge is 2.41. The molecule has 7 rings (SSSR count). The molecule has 4 aromatic rings. The van der Waals surface area contributed by atoms with Gasteiger partial charge in [0.25, 0.3) is 0 Å². The largest absolute Gasteiger partial charge is 0.335 e. The van der Waals surface area contributed by atoms with E-state index in [9.17, 15) is 9.59 Å². The maximum absolute atomic E-state index is 12.2. The van der Waals surface area contributed by atoms with Crippen LogP contribution in [0.3, 0.4) is 0 Å². The summed E-state index contributed by atoms with van der Waals surface area (Å²) in [5, 5.41) is 9.00. The molecule has 1 fully saturated rings. The van der Waals surface area contributed by atoms with E-state index in [-0.39, 0.29) is 18.2 Å². The van der Waals surface area contributed by atoms with Gasteiger partial charge in [-0.05, 0) is 81.1 Å². The molecule has 2 heterocycles. The molecule has 1 amide bonds. The van der Waals surface area contributed by atoms with Gasteiger partial charge in [0.2, 0.25) is 5.91 Å². The first kappa shape index (κ1) is 38.3. The summed E-state index contributed by atoms with van der Waals surface area (Å²) in [6.45, 7) is 5.36. The summed E-state index contributed by atoms with van der Waals surface area (Å²) in [4.78, 5) is 34.8.